The number of aromatic nitrogens is 1. The van der Waals surface area contributed by atoms with Gasteiger partial charge in [0, 0.05) is 24.5 Å². The number of hydrogen-bond acceptors (Lipinski definition) is 3. The van der Waals surface area contributed by atoms with Gasteiger partial charge in [-0.15, -0.1) is 0 Å². The van der Waals surface area contributed by atoms with E-state index in [1.165, 1.54) is 18.5 Å². The first-order chi connectivity index (χ1) is 8.09. The van der Waals surface area contributed by atoms with E-state index in [4.69, 9.17) is 18.0 Å². The summed E-state index contributed by atoms with van der Waals surface area (Å²) in [5, 5.41) is 0. The Morgan fingerprint density at radius 3 is 3.00 bits per heavy atom. The van der Waals surface area contributed by atoms with Crippen molar-refractivity contribution in [1.29, 1.82) is 0 Å². The van der Waals surface area contributed by atoms with E-state index in [-0.39, 0.29) is 0 Å². The summed E-state index contributed by atoms with van der Waals surface area (Å²) >= 11 is 4.97. The van der Waals surface area contributed by atoms with Crippen molar-refractivity contribution >= 4 is 22.9 Å². The van der Waals surface area contributed by atoms with Gasteiger partial charge in [0.2, 0.25) is 0 Å². The van der Waals surface area contributed by atoms with Crippen LogP contribution in [0.15, 0.2) is 18.3 Å². The number of thiocarbonyl (C=S) groups is 1. The molecular formula is C13H19N3S. The Hall–Kier alpha value is -1.16. The molecule has 0 bridgehead atoms. The minimum atomic E-state index is 0.368. The van der Waals surface area contributed by atoms with Crippen LogP contribution in [-0.4, -0.2) is 22.6 Å². The molecule has 92 valence electrons. The summed E-state index contributed by atoms with van der Waals surface area (Å²) in [5.41, 5.74) is 7.53. The van der Waals surface area contributed by atoms with Crippen molar-refractivity contribution in [3.63, 3.8) is 0 Å². The van der Waals surface area contributed by atoms with Crippen LogP contribution in [0.4, 0.5) is 5.69 Å². The Labute approximate surface area is 108 Å². The van der Waals surface area contributed by atoms with Gasteiger partial charge in [-0.1, -0.05) is 26.1 Å². The molecule has 3 nitrogen and oxygen atoms in total. The molecule has 1 atom stereocenters. The van der Waals surface area contributed by atoms with Crippen LogP contribution in [0.2, 0.25) is 0 Å². The van der Waals surface area contributed by atoms with E-state index in [9.17, 15) is 0 Å². The quantitative estimate of drug-likeness (QED) is 0.835. The van der Waals surface area contributed by atoms with E-state index in [0.717, 1.165) is 6.54 Å². The predicted molar refractivity (Wildman–Crippen MR) is 75.3 cm³/mol. The second-order valence-electron chi connectivity index (χ2n) is 4.91. The highest BCUT2D eigenvalue weighted by atomic mass is 32.1. The molecule has 1 saturated heterocycles. The monoisotopic (exact) mass is 249 g/mol. The SMILES string of the molecule is CC(C)C1CCCN1c1ccnc(C(N)=S)c1. The molecule has 0 spiro atoms. The van der Waals surface area contributed by atoms with Crippen molar-refractivity contribution in [3.8, 4) is 0 Å². The van der Waals surface area contributed by atoms with Gasteiger partial charge >= 0.3 is 0 Å². The maximum Gasteiger partial charge on any atom is 0.122 e. The molecule has 1 unspecified atom stereocenters. The van der Waals surface area contributed by atoms with Crippen LogP contribution in [0.5, 0.6) is 0 Å². The number of nitrogens with zero attached hydrogens (tertiary/aromatic N) is 2. The molecule has 2 N–H and O–H groups in total. The second kappa shape index (κ2) is 5.00. The fraction of sp³-hybridized carbons (Fsp3) is 0.538. The molecule has 4 heteroatoms. The van der Waals surface area contributed by atoms with E-state index >= 15 is 0 Å². The summed E-state index contributed by atoms with van der Waals surface area (Å²) in [7, 11) is 0. The number of hydrogen-bond donors (Lipinski definition) is 1. The van der Waals surface area contributed by atoms with Crippen molar-refractivity contribution in [2.75, 3.05) is 11.4 Å². The topological polar surface area (TPSA) is 42.2 Å². The van der Waals surface area contributed by atoms with Crippen molar-refractivity contribution in [2.45, 2.75) is 32.7 Å². The Morgan fingerprint density at radius 1 is 1.59 bits per heavy atom. The zero-order valence-corrected chi connectivity index (χ0v) is 11.2. The fourth-order valence-electron chi connectivity index (χ4n) is 2.54. The zero-order valence-electron chi connectivity index (χ0n) is 10.4. The highest BCUT2D eigenvalue weighted by Crippen LogP contribution is 2.29. The lowest BCUT2D eigenvalue weighted by Crippen LogP contribution is -2.33. The van der Waals surface area contributed by atoms with Gasteiger partial charge in [0.15, 0.2) is 0 Å². The molecule has 0 aliphatic carbocycles. The summed E-state index contributed by atoms with van der Waals surface area (Å²) in [6.07, 6.45) is 4.31. The number of anilines is 1. The van der Waals surface area contributed by atoms with E-state index < -0.39 is 0 Å². The van der Waals surface area contributed by atoms with Crippen LogP contribution in [-0.2, 0) is 0 Å². The Bertz CT molecular complexity index is 417. The third-order valence-electron chi connectivity index (χ3n) is 3.40. The molecule has 1 fully saturated rings. The minimum Gasteiger partial charge on any atom is -0.388 e. The second-order valence-corrected chi connectivity index (χ2v) is 5.35. The largest absolute Gasteiger partial charge is 0.388 e. The maximum atomic E-state index is 5.63. The van der Waals surface area contributed by atoms with Gasteiger partial charge in [-0.2, -0.15) is 0 Å². The summed E-state index contributed by atoms with van der Waals surface area (Å²) in [4.78, 5) is 7.01. The van der Waals surface area contributed by atoms with Crippen LogP contribution in [0.3, 0.4) is 0 Å². The Balaban J connectivity index is 2.27. The van der Waals surface area contributed by atoms with Crippen molar-refractivity contribution in [2.24, 2.45) is 11.7 Å². The minimum absolute atomic E-state index is 0.368. The summed E-state index contributed by atoms with van der Waals surface area (Å²) in [6.45, 7) is 5.67. The number of pyridine rings is 1. The van der Waals surface area contributed by atoms with Gasteiger partial charge in [0.05, 0.1) is 5.69 Å². The molecule has 0 aromatic carbocycles. The smallest absolute Gasteiger partial charge is 0.122 e. The van der Waals surface area contributed by atoms with E-state index in [0.29, 0.717) is 22.6 Å². The molecule has 0 amide bonds. The molecule has 2 heterocycles. The molecule has 0 saturated carbocycles. The zero-order chi connectivity index (χ0) is 12.4. The van der Waals surface area contributed by atoms with Gasteiger partial charge in [-0.05, 0) is 30.9 Å². The van der Waals surface area contributed by atoms with Crippen LogP contribution < -0.4 is 10.6 Å². The molecule has 1 aliphatic heterocycles. The first-order valence-corrected chi connectivity index (χ1v) is 6.53. The summed E-state index contributed by atoms with van der Waals surface area (Å²) in [5.74, 6) is 0.666. The highest BCUT2D eigenvalue weighted by Gasteiger charge is 2.27. The van der Waals surface area contributed by atoms with E-state index in [2.05, 4.69) is 23.7 Å². The van der Waals surface area contributed by atoms with E-state index in [1.807, 2.05) is 12.1 Å². The lowest BCUT2D eigenvalue weighted by molar-refractivity contribution is 0.492. The van der Waals surface area contributed by atoms with Gasteiger partial charge in [-0.3, -0.25) is 4.98 Å². The summed E-state index contributed by atoms with van der Waals surface area (Å²) in [6, 6.07) is 4.67. The molecule has 1 aromatic rings. The molecule has 0 radical (unpaired) electrons. The van der Waals surface area contributed by atoms with Gasteiger partial charge in [0.1, 0.15) is 4.99 Å². The van der Waals surface area contributed by atoms with Gasteiger partial charge in [-0.25, -0.2) is 0 Å². The van der Waals surface area contributed by atoms with E-state index in [1.54, 1.807) is 6.20 Å². The number of rotatable bonds is 3. The molecular weight excluding hydrogens is 230 g/mol. The lowest BCUT2D eigenvalue weighted by Gasteiger charge is -2.29. The van der Waals surface area contributed by atoms with Gasteiger partial charge in [0.25, 0.3) is 0 Å². The highest BCUT2D eigenvalue weighted by molar-refractivity contribution is 7.80. The maximum absolute atomic E-state index is 5.63. The van der Waals surface area contributed by atoms with Crippen LogP contribution in [0, 0.1) is 5.92 Å². The van der Waals surface area contributed by atoms with Crippen LogP contribution in [0.25, 0.3) is 0 Å². The van der Waals surface area contributed by atoms with Crippen molar-refractivity contribution in [3.05, 3.63) is 24.0 Å². The van der Waals surface area contributed by atoms with Crippen LogP contribution in [0.1, 0.15) is 32.4 Å². The lowest BCUT2D eigenvalue weighted by atomic mass is 10.0. The molecule has 1 aliphatic rings. The first kappa shape index (κ1) is 12.3. The first-order valence-electron chi connectivity index (χ1n) is 6.12. The van der Waals surface area contributed by atoms with Crippen molar-refractivity contribution in [1.82, 2.24) is 4.98 Å². The predicted octanol–water partition coefficient (Wildman–Crippen LogP) is 2.34. The fourth-order valence-corrected chi connectivity index (χ4v) is 2.65. The average molecular weight is 249 g/mol. The molecule has 2 rings (SSSR count). The third kappa shape index (κ3) is 2.57. The average Bonchev–Trinajstić information content (AvgIpc) is 2.78. The molecule has 17 heavy (non-hydrogen) atoms. The van der Waals surface area contributed by atoms with Crippen molar-refractivity contribution < 1.29 is 0 Å². The standard InChI is InChI=1S/C13H19N3S/c1-9(2)12-4-3-7-16(12)10-5-6-15-11(8-10)13(14)17/h5-6,8-9,12H,3-4,7H2,1-2H3,(H2,14,17). The van der Waals surface area contributed by atoms with Crippen LogP contribution >= 0.6 is 12.2 Å². The number of nitrogens with two attached hydrogens (primary N) is 1. The molecule has 1 aromatic heterocycles. The third-order valence-corrected chi connectivity index (χ3v) is 3.61. The Kier molecular flexibility index (Phi) is 3.62. The normalized spacial score (nSPS) is 19.9. The van der Waals surface area contributed by atoms with Gasteiger partial charge < -0.3 is 10.6 Å². The summed E-state index contributed by atoms with van der Waals surface area (Å²) < 4.78 is 0. The Morgan fingerprint density at radius 2 is 2.35 bits per heavy atom.